The summed E-state index contributed by atoms with van der Waals surface area (Å²) in [5.41, 5.74) is 1.34. The van der Waals surface area contributed by atoms with Crippen LogP contribution in [0, 0.1) is 5.82 Å². The second-order valence-corrected chi connectivity index (χ2v) is 11.3. The van der Waals surface area contributed by atoms with E-state index in [4.69, 9.17) is 4.74 Å². The number of carbonyl (C=O) groups excluding carboxylic acids is 2. The van der Waals surface area contributed by atoms with E-state index in [-0.39, 0.29) is 10.8 Å². The summed E-state index contributed by atoms with van der Waals surface area (Å²) >= 11 is 1.27. The zero-order chi connectivity index (χ0) is 26.6. The van der Waals surface area contributed by atoms with Crippen molar-refractivity contribution in [3.05, 3.63) is 89.1 Å². The Hall–Kier alpha value is -3.76. The minimum Gasteiger partial charge on any atom is -0.462 e. The van der Waals surface area contributed by atoms with Crippen LogP contribution in [0.5, 0.6) is 0 Å². The van der Waals surface area contributed by atoms with Gasteiger partial charge in [0, 0.05) is 17.4 Å². The largest absolute Gasteiger partial charge is 0.462 e. The number of ether oxygens (including phenoxy) is 1. The maximum absolute atomic E-state index is 13.2. The molecule has 192 valence electrons. The lowest BCUT2D eigenvalue weighted by Gasteiger charge is -2.19. The van der Waals surface area contributed by atoms with Gasteiger partial charge in [-0.3, -0.25) is 9.10 Å². The summed E-state index contributed by atoms with van der Waals surface area (Å²) in [5.74, 6) is -1.25. The highest BCUT2D eigenvalue weighted by atomic mass is 32.2. The van der Waals surface area contributed by atoms with Gasteiger partial charge in [-0.1, -0.05) is 13.3 Å². The van der Waals surface area contributed by atoms with Gasteiger partial charge >= 0.3 is 5.97 Å². The van der Waals surface area contributed by atoms with E-state index in [9.17, 15) is 22.4 Å². The molecule has 1 amide bonds. The van der Waals surface area contributed by atoms with Crippen molar-refractivity contribution in [1.29, 1.82) is 0 Å². The predicted octanol–water partition coefficient (Wildman–Crippen LogP) is 6.07. The molecule has 0 aliphatic carbocycles. The van der Waals surface area contributed by atoms with Crippen molar-refractivity contribution in [1.82, 2.24) is 0 Å². The number of nitrogens with one attached hydrogen (secondary N) is 1. The molecule has 0 spiro atoms. The molecule has 10 heteroatoms. The highest BCUT2D eigenvalue weighted by Gasteiger charge is 2.22. The van der Waals surface area contributed by atoms with Gasteiger partial charge in [-0.15, -0.1) is 11.3 Å². The molecule has 0 unspecified atom stereocenters. The average molecular weight is 541 g/mol. The number of halogens is 1. The molecule has 0 saturated carbocycles. The lowest BCUT2D eigenvalue weighted by Crippen LogP contribution is -2.26. The monoisotopic (exact) mass is 540 g/mol. The Kier molecular flexibility index (Phi) is 7.89. The smallest absolute Gasteiger partial charge is 0.338 e. The number of benzene rings is 3. The third-order valence-corrected chi connectivity index (χ3v) is 8.58. The molecule has 3 aromatic carbocycles. The number of sulfonamides is 1. The van der Waals surface area contributed by atoms with Crippen LogP contribution in [0.25, 0.3) is 10.1 Å². The van der Waals surface area contributed by atoms with Crippen LogP contribution in [0.1, 0.15) is 39.8 Å². The second-order valence-electron chi connectivity index (χ2n) is 8.28. The molecule has 37 heavy (non-hydrogen) atoms. The van der Waals surface area contributed by atoms with Crippen LogP contribution in [0.4, 0.5) is 15.8 Å². The lowest BCUT2D eigenvalue weighted by molar-refractivity contribution is 0.0499. The zero-order valence-corrected chi connectivity index (χ0v) is 21.9. The van der Waals surface area contributed by atoms with Crippen molar-refractivity contribution in [3.8, 4) is 0 Å². The Morgan fingerprint density at radius 1 is 1.00 bits per heavy atom. The van der Waals surface area contributed by atoms with E-state index in [2.05, 4.69) is 5.32 Å². The first kappa shape index (κ1) is 26.3. The minimum atomic E-state index is -3.89. The molecule has 0 atom stereocenters. The van der Waals surface area contributed by atoms with E-state index in [1.807, 2.05) is 6.92 Å². The first-order valence-corrected chi connectivity index (χ1v) is 13.8. The van der Waals surface area contributed by atoms with E-state index in [0.717, 1.165) is 34.0 Å². The number of carbonyl (C=O) groups is 2. The molecular weight excluding hydrogens is 515 g/mol. The topological polar surface area (TPSA) is 92.8 Å². The molecule has 1 heterocycles. The van der Waals surface area contributed by atoms with Crippen molar-refractivity contribution in [2.75, 3.05) is 23.3 Å². The second kappa shape index (κ2) is 11.1. The fraction of sp³-hybridized carbons (Fsp3) is 0.185. The fourth-order valence-electron chi connectivity index (χ4n) is 3.52. The van der Waals surface area contributed by atoms with E-state index in [1.165, 1.54) is 30.5 Å². The van der Waals surface area contributed by atoms with Gasteiger partial charge in [-0.05, 0) is 84.6 Å². The molecule has 0 radical (unpaired) electrons. The first-order chi connectivity index (χ1) is 17.7. The summed E-state index contributed by atoms with van der Waals surface area (Å²) in [7, 11) is -2.47. The summed E-state index contributed by atoms with van der Waals surface area (Å²) < 4.78 is 46.2. The van der Waals surface area contributed by atoms with Crippen molar-refractivity contribution in [3.63, 3.8) is 0 Å². The number of nitrogens with zero attached hydrogens (tertiary/aromatic N) is 1. The molecule has 0 aliphatic rings. The van der Waals surface area contributed by atoms with Crippen molar-refractivity contribution >= 4 is 54.7 Å². The summed E-state index contributed by atoms with van der Waals surface area (Å²) in [5, 5.41) is 3.52. The number of hydrogen-bond acceptors (Lipinski definition) is 6. The van der Waals surface area contributed by atoms with Gasteiger partial charge in [-0.25, -0.2) is 17.6 Å². The number of thiophene rings is 1. The highest BCUT2D eigenvalue weighted by Crippen LogP contribution is 2.31. The van der Waals surface area contributed by atoms with E-state index >= 15 is 0 Å². The Balaban J connectivity index is 1.47. The molecule has 0 fully saturated rings. The van der Waals surface area contributed by atoms with Crippen LogP contribution in [0.15, 0.2) is 77.7 Å². The number of fused-ring (bicyclic) bond motifs is 1. The number of rotatable bonds is 9. The quantitative estimate of drug-likeness (QED) is 0.205. The molecule has 1 N–H and O–H groups in total. The normalized spacial score (nSPS) is 11.3. The molecule has 0 saturated heterocycles. The average Bonchev–Trinajstić information content (AvgIpc) is 3.33. The van der Waals surface area contributed by atoms with Crippen molar-refractivity contribution < 1.29 is 27.1 Å². The van der Waals surface area contributed by atoms with Gasteiger partial charge in [0.15, 0.2) is 0 Å². The molecular formula is C27H25FN2O5S2. The summed E-state index contributed by atoms with van der Waals surface area (Å²) in [6, 6.07) is 17.9. The summed E-state index contributed by atoms with van der Waals surface area (Å²) in [6.07, 6.45) is 1.74. The van der Waals surface area contributed by atoms with Crippen LogP contribution in [-0.4, -0.2) is 33.9 Å². The van der Waals surface area contributed by atoms with Crippen LogP contribution in [-0.2, 0) is 14.8 Å². The third kappa shape index (κ3) is 5.98. The molecule has 4 aromatic rings. The Morgan fingerprint density at radius 2 is 1.70 bits per heavy atom. The SMILES string of the molecule is CCCCOC(=O)c1ccc(NC(=O)c2cc3cc(N(C)S(=O)(=O)c4ccc(F)cc4)ccc3s2)cc1. The van der Waals surface area contributed by atoms with Gasteiger partial charge in [0.1, 0.15) is 5.82 Å². The molecule has 0 aliphatic heterocycles. The number of amides is 1. The maximum atomic E-state index is 13.2. The number of esters is 1. The van der Waals surface area contributed by atoms with Crippen LogP contribution < -0.4 is 9.62 Å². The minimum absolute atomic E-state index is 0.0258. The van der Waals surface area contributed by atoms with Gasteiger partial charge in [-0.2, -0.15) is 0 Å². The Morgan fingerprint density at radius 3 is 2.38 bits per heavy atom. The van der Waals surface area contributed by atoms with Gasteiger partial charge < -0.3 is 10.1 Å². The third-order valence-electron chi connectivity index (χ3n) is 5.67. The molecule has 4 rings (SSSR count). The van der Waals surface area contributed by atoms with E-state index in [0.29, 0.717) is 33.8 Å². The summed E-state index contributed by atoms with van der Waals surface area (Å²) in [4.78, 5) is 25.3. The predicted molar refractivity (Wildman–Crippen MR) is 143 cm³/mol. The van der Waals surface area contributed by atoms with Crippen LogP contribution >= 0.6 is 11.3 Å². The maximum Gasteiger partial charge on any atom is 0.338 e. The van der Waals surface area contributed by atoms with E-state index in [1.54, 1.807) is 48.5 Å². The number of hydrogen-bond donors (Lipinski definition) is 1. The Labute approximate surface area is 218 Å². The lowest BCUT2D eigenvalue weighted by atomic mass is 10.2. The molecule has 7 nitrogen and oxygen atoms in total. The van der Waals surface area contributed by atoms with Gasteiger partial charge in [0.05, 0.1) is 27.6 Å². The van der Waals surface area contributed by atoms with Crippen molar-refractivity contribution in [2.24, 2.45) is 0 Å². The van der Waals surface area contributed by atoms with Crippen LogP contribution in [0.2, 0.25) is 0 Å². The van der Waals surface area contributed by atoms with E-state index < -0.39 is 21.8 Å². The molecule has 1 aromatic heterocycles. The number of anilines is 2. The molecule has 0 bridgehead atoms. The van der Waals surface area contributed by atoms with Crippen LogP contribution in [0.3, 0.4) is 0 Å². The standard InChI is InChI=1S/C27H25FN2O5S2/c1-3-4-15-35-27(32)18-5-9-21(10-6-18)29-26(31)25-17-19-16-22(11-14-24(19)36-25)30(2)37(33,34)23-12-7-20(28)8-13-23/h5-14,16-17H,3-4,15H2,1-2H3,(H,29,31). The first-order valence-electron chi connectivity index (χ1n) is 11.6. The van der Waals surface area contributed by atoms with Gasteiger partial charge in [0.2, 0.25) is 0 Å². The number of unbranched alkanes of at least 4 members (excludes halogenated alkanes) is 1. The van der Waals surface area contributed by atoms with Gasteiger partial charge in [0.25, 0.3) is 15.9 Å². The Bertz CT molecular complexity index is 1530. The summed E-state index contributed by atoms with van der Waals surface area (Å²) in [6.45, 7) is 2.38. The van der Waals surface area contributed by atoms with Crippen molar-refractivity contribution in [2.45, 2.75) is 24.7 Å². The highest BCUT2D eigenvalue weighted by molar-refractivity contribution is 7.92. The zero-order valence-electron chi connectivity index (χ0n) is 20.2. The fourth-order valence-corrected chi connectivity index (χ4v) is 5.64.